The Bertz CT molecular complexity index is 268. The van der Waals surface area contributed by atoms with Gasteiger partial charge in [0, 0.05) is 26.3 Å². The fourth-order valence-corrected chi connectivity index (χ4v) is 0.931. The standard InChI is InChI=1S/C8H12N2O2/c1-10-5-4-7(9-10)8(12)3-2-6-11/h4-5,11H,2-3,6H2,1H3. The summed E-state index contributed by atoms with van der Waals surface area (Å²) < 4.78 is 1.59. The number of aromatic nitrogens is 2. The molecule has 0 amide bonds. The van der Waals surface area contributed by atoms with Crippen LogP contribution in [0.2, 0.25) is 0 Å². The highest BCUT2D eigenvalue weighted by molar-refractivity contribution is 5.94. The zero-order chi connectivity index (χ0) is 8.97. The van der Waals surface area contributed by atoms with Crippen LogP contribution in [0.15, 0.2) is 12.3 Å². The van der Waals surface area contributed by atoms with Crippen LogP contribution in [0.5, 0.6) is 0 Å². The third kappa shape index (κ3) is 2.17. The molecule has 0 fully saturated rings. The topological polar surface area (TPSA) is 55.1 Å². The number of carbonyl (C=O) groups is 1. The van der Waals surface area contributed by atoms with E-state index in [0.29, 0.717) is 18.5 Å². The zero-order valence-electron chi connectivity index (χ0n) is 7.03. The molecule has 0 saturated heterocycles. The van der Waals surface area contributed by atoms with Gasteiger partial charge in [0.05, 0.1) is 0 Å². The Balaban J connectivity index is 2.53. The van der Waals surface area contributed by atoms with Crippen LogP contribution in [0, 0.1) is 0 Å². The molecule has 0 aliphatic heterocycles. The van der Waals surface area contributed by atoms with Crippen molar-refractivity contribution in [2.75, 3.05) is 6.61 Å². The van der Waals surface area contributed by atoms with Gasteiger partial charge in [0.25, 0.3) is 0 Å². The Labute approximate surface area is 70.8 Å². The average molecular weight is 168 g/mol. The van der Waals surface area contributed by atoms with Crippen molar-refractivity contribution >= 4 is 5.78 Å². The van der Waals surface area contributed by atoms with Crippen LogP contribution in [-0.2, 0) is 7.05 Å². The summed E-state index contributed by atoms with van der Waals surface area (Å²) in [4.78, 5) is 11.2. The van der Waals surface area contributed by atoms with Crippen LogP contribution < -0.4 is 0 Å². The number of hydrogen-bond acceptors (Lipinski definition) is 3. The molecule has 1 aromatic heterocycles. The first-order chi connectivity index (χ1) is 5.74. The summed E-state index contributed by atoms with van der Waals surface area (Å²) in [6.45, 7) is 0.0541. The van der Waals surface area contributed by atoms with Crippen LogP contribution in [0.3, 0.4) is 0 Å². The highest BCUT2D eigenvalue weighted by Crippen LogP contribution is 2.01. The molecular weight excluding hydrogens is 156 g/mol. The van der Waals surface area contributed by atoms with E-state index in [1.807, 2.05) is 0 Å². The van der Waals surface area contributed by atoms with Gasteiger partial charge in [-0.05, 0) is 12.5 Å². The molecule has 0 aliphatic carbocycles. The van der Waals surface area contributed by atoms with Crippen molar-refractivity contribution in [1.29, 1.82) is 0 Å². The monoisotopic (exact) mass is 168 g/mol. The molecule has 0 atom stereocenters. The number of ketones is 1. The number of rotatable bonds is 4. The van der Waals surface area contributed by atoms with Crippen molar-refractivity contribution in [3.05, 3.63) is 18.0 Å². The van der Waals surface area contributed by atoms with E-state index >= 15 is 0 Å². The number of nitrogens with zero attached hydrogens (tertiary/aromatic N) is 2. The van der Waals surface area contributed by atoms with Crippen LogP contribution in [0.25, 0.3) is 0 Å². The summed E-state index contributed by atoms with van der Waals surface area (Å²) in [5, 5.41) is 12.4. The van der Waals surface area contributed by atoms with E-state index in [1.54, 1.807) is 24.0 Å². The molecule has 1 aromatic rings. The second-order valence-corrected chi connectivity index (χ2v) is 2.62. The van der Waals surface area contributed by atoms with E-state index in [4.69, 9.17) is 5.11 Å². The predicted molar refractivity (Wildman–Crippen MR) is 43.9 cm³/mol. The minimum Gasteiger partial charge on any atom is -0.396 e. The first-order valence-electron chi connectivity index (χ1n) is 3.87. The second kappa shape index (κ2) is 4.01. The molecule has 4 nitrogen and oxygen atoms in total. The lowest BCUT2D eigenvalue weighted by atomic mass is 10.2. The van der Waals surface area contributed by atoms with Crippen molar-refractivity contribution in [2.45, 2.75) is 12.8 Å². The lowest BCUT2D eigenvalue weighted by molar-refractivity contribution is 0.0966. The van der Waals surface area contributed by atoms with Crippen LogP contribution in [0.1, 0.15) is 23.3 Å². The summed E-state index contributed by atoms with van der Waals surface area (Å²) in [5.41, 5.74) is 0.478. The predicted octanol–water partition coefficient (Wildman–Crippen LogP) is 0.375. The molecule has 1 N–H and O–H groups in total. The lowest BCUT2D eigenvalue weighted by Gasteiger charge is -1.93. The quantitative estimate of drug-likeness (QED) is 0.661. The van der Waals surface area contributed by atoms with E-state index in [-0.39, 0.29) is 12.4 Å². The summed E-state index contributed by atoms with van der Waals surface area (Å²) in [6, 6.07) is 1.68. The third-order valence-corrected chi connectivity index (χ3v) is 1.56. The number of Topliss-reactive ketones (excluding diaryl/α,β-unsaturated/α-hetero) is 1. The van der Waals surface area contributed by atoms with Gasteiger partial charge in [-0.25, -0.2) is 0 Å². The molecule has 0 aliphatic rings. The number of aliphatic hydroxyl groups is 1. The molecule has 0 radical (unpaired) electrons. The Hall–Kier alpha value is -1.16. The van der Waals surface area contributed by atoms with Crippen molar-refractivity contribution in [3.63, 3.8) is 0 Å². The van der Waals surface area contributed by atoms with Gasteiger partial charge in [-0.15, -0.1) is 0 Å². The van der Waals surface area contributed by atoms with Gasteiger partial charge in [0.2, 0.25) is 0 Å². The smallest absolute Gasteiger partial charge is 0.183 e. The number of aryl methyl sites for hydroxylation is 1. The maximum absolute atomic E-state index is 11.2. The average Bonchev–Trinajstić information content (AvgIpc) is 2.47. The number of aliphatic hydroxyl groups excluding tert-OH is 1. The van der Waals surface area contributed by atoms with Crippen LogP contribution in [0.4, 0.5) is 0 Å². The summed E-state index contributed by atoms with van der Waals surface area (Å²) in [6.07, 6.45) is 2.61. The third-order valence-electron chi connectivity index (χ3n) is 1.56. The molecule has 12 heavy (non-hydrogen) atoms. The van der Waals surface area contributed by atoms with Crippen molar-refractivity contribution in [2.24, 2.45) is 7.05 Å². The largest absolute Gasteiger partial charge is 0.396 e. The summed E-state index contributed by atoms with van der Waals surface area (Å²) >= 11 is 0. The van der Waals surface area contributed by atoms with E-state index in [0.717, 1.165) is 0 Å². The molecule has 0 unspecified atom stereocenters. The molecule has 1 heterocycles. The van der Waals surface area contributed by atoms with Gasteiger partial charge in [-0.2, -0.15) is 5.10 Å². The Morgan fingerprint density at radius 2 is 2.50 bits per heavy atom. The van der Waals surface area contributed by atoms with E-state index in [2.05, 4.69) is 5.10 Å². The first kappa shape index (κ1) is 8.93. The molecular formula is C8H12N2O2. The van der Waals surface area contributed by atoms with E-state index in [1.165, 1.54) is 0 Å². The summed E-state index contributed by atoms with van der Waals surface area (Å²) in [7, 11) is 1.77. The molecule has 0 saturated carbocycles. The lowest BCUT2D eigenvalue weighted by Crippen LogP contribution is -2.02. The van der Waals surface area contributed by atoms with E-state index < -0.39 is 0 Å². The minimum absolute atomic E-state index is 0.00958. The van der Waals surface area contributed by atoms with Gasteiger partial charge < -0.3 is 5.11 Å². The minimum atomic E-state index is -0.00958. The number of hydrogen-bond donors (Lipinski definition) is 1. The van der Waals surface area contributed by atoms with Gasteiger partial charge >= 0.3 is 0 Å². The highest BCUT2D eigenvalue weighted by Gasteiger charge is 2.07. The SMILES string of the molecule is Cn1ccc(C(=O)CCCO)n1. The summed E-state index contributed by atoms with van der Waals surface area (Å²) in [5.74, 6) is -0.00958. The fraction of sp³-hybridized carbons (Fsp3) is 0.500. The molecule has 1 rings (SSSR count). The Morgan fingerprint density at radius 3 is 3.00 bits per heavy atom. The van der Waals surface area contributed by atoms with Gasteiger partial charge in [-0.3, -0.25) is 9.48 Å². The van der Waals surface area contributed by atoms with Crippen molar-refractivity contribution < 1.29 is 9.90 Å². The molecule has 0 spiro atoms. The maximum Gasteiger partial charge on any atom is 0.183 e. The van der Waals surface area contributed by atoms with Crippen LogP contribution in [-0.4, -0.2) is 27.3 Å². The highest BCUT2D eigenvalue weighted by atomic mass is 16.3. The van der Waals surface area contributed by atoms with Crippen LogP contribution >= 0.6 is 0 Å². The fourth-order valence-electron chi connectivity index (χ4n) is 0.931. The van der Waals surface area contributed by atoms with Gasteiger partial charge in [-0.1, -0.05) is 0 Å². The second-order valence-electron chi connectivity index (χ2n) is 2.62. The Morgan fingerprint density at radius 1 is 1.75 bits per heavy atom. The van der Waals surface area contributed by atoms with E-state index in [9.17, 15) is 4.79 Å². The van der Waals surface area contributed by atoms with Gasteiger partial charge in [0.15, 0.2) is 5.78 Å². The Kier molecular flexibility index (Phi) is 2.99. The molecule has 66 valence electrons. The normalized spacial score (nSPS) is 10.2. The maximum atomic E-state index is 11.2. The molecule has 4 heteroatoms. The van der Waals surface area contributed by atoms with Crippen molar-refractivity contribution in [3.8, 4) is 0 Å². The van der Waals surface area contributed by atoms with Crippen molar-refractivity contribution in [1.82, 2.24) is 9.78 Å². The molecule has 0 aromatic carbocycles. The number of carbonyl (C=O) groups excluding carboxylic acids is 1. The zero-order valence-corrected chi connectivity index (χ0v) is 7.03. The van der Waals surface area contributed by atoms with Gasteiger partial charge in [0.1, 0.15) is 5.69 Å². The first-order valence-corrected chi connectivity index (χ1v) is 3.87. The molecule has 0 bridgehead atoms.